The summed E-state index contributed by atoms with van der Waals surface area (Å²) >= 11 is 1.65. The third-order valence-corrected chi connectivity index (χ3v) is 4.59. The molecule has 1 aromatic carbocycles. The van der Waals surface area contributed by atoms with E-state index in [1.54, 1.807) is 11.3 Å². The van der Waals surface area contributed by atoms with Crippen LogP contribution >= 0.6 is 11.3 Å². The Hall–Kier alpha value is -1.23. The predicted octanol–water partition coefficient (Wildman–Crippen LogP) is 4.04. The van der Waals surface area contributed by atoms with Crippen molar-refractivity contribution >= 4 is 11.3 Å². The summed E-state index contributed by atoms with van der Waals surface area (Å²) in [4.78, 5) is 4.34. The number of rotatable bonds is 7. The Morgan fingerprint density at radius 2 is 1.86 bits per heavy atom. The number of hydrogen-bond donors (Lipinski definition) is 2. The zero-order chi connectivity index (χ0) is 15.2. The highest BCUT2D eigenvalue weighted by Crippen LogP contribution is 2.21. The predicted molar refractivity (Wildman–Crippen MR) is 88.6 cm³/mol. The maximum atomic E-state index is 10.3. The van der Waals surface area contributed by atoms with Crippen molar-refractivity contribution in [1.82, 2.24) is 10.3 Å². The van der Waals surface area contributed by atoms with Crippen LogP contribution in [0.1, 0.15) is 61.4 Å². The van der Waals surface area contributed by atoms with Crippen molar-refractivity contribution in [2.24, 2.45) is 0 Å². The van der Waals surface area contributed by atoms with Crippen molar-refractivity contribution in [3.05, 3.63) is 52.0 Å². The Kier molecular flexibility index (Phi) is 5.91. The summed E-state index contributed by atoms with van der Waals surface area (Å²) in [5, 5.41) is 16.8. The van der Waals surface area contributed by atoms with Crippen LogP contribution in [0.25, 0.3) is 0 Å². The molecule has 1 heterocycles. The van der Waals surface area contributed by atoms with E-state index in [9.17, 15) is 5.11 Å². The number of aliphatic hydroxyl groups is 1. The van der Waals surface area contributed by atoms with Crippen LogP contribution in [0.5, 0.6) is 0 Å². The van der Waals surface area contributed by atoms with E-state index in [4.69, 9.17) is 0 Å². The van der Waals surface area contributed by atoms with Gasteiger partial charge in [0, 0.05) is 18.1 Å². The molecule has 2 atom stereocenters. The van der Waals surface area contributed by atoms with Crippen LogP contribution in [0.3, 0.4) is 0 Å². The summed E-state index contributed by atoms with van der Waals surface area (Å²) in [7, 11) is 0. The lowest BCUT2D eigenvalue weighted by molar-refractivity contribution is 0.169. The van der Waals surface area contributed by atoms with Gasteiger partial charge in [-0.05, 0) is 23.5 Å². The summed E-state index contributed by atoms with van der Waals surface area (Å²) < 4.78 is 0. The highest BCUT2D eigenvalue weighted by Gasteiger charge is 2.14. The summed E-state index contributed by atoms with van der Waals surface area (Å²) in [6, 6.07) is 8.45. The molecule has 0 aliphatic rings. The van der Waals surface area contributed by atoms with Crippen molar-refractivity contribution in [2.45, 2.75) is 45.3 Å². The van der Waals surface area contributed by atoms with Crippen molar-refractivity contribution in [3.8, 4) is 0 Å². The number of nitrogens with zero attached hydrogens (tertiary/aromatic N) is 1. The van der Waals surface area contributed by atoms with Gasteiger partial charge in [-0.1, -0.05) is 45.0 Å². The molecule has 0 radical (unpaired) electrons. The van der Waals surface area contributed by atoms with E-state index in [1.807, 2.05) is 23.7 Å². The Bertz CT molecular complexity index is 522. The number of nitrogens with one attached hydrogen (secondary N) is 1. The van der Waals surface area contributed by atoms with Gasteiger partial charge in [0.25, 0.3) is 0 Å². The van der Waals surface area contributed by atoms with E-state index in [2.05, 4.69) is 43.2 Å². The van der Waals surface area contributed by atoms with Gasteiger partial charge in [-0.2, -0.15) is 0 Å². The van der Waals surface area contributed by atoms with E-state index in [0.29, 0.717) is 12.5 Å². The lowest BCUT2D eigenvalue weighted by atomic mass is 10.00. The van der Waals surface area contributed by atoms with Gasteiger partial charge in [0.1, 0.15) is 5.01 Å². The monoisotopic (exact) mass is 304 g/mol. The Morgan fingerprint density at radius 1 is 1.19 bits per heavy atom. The van der Waals surface area contributed by atoms with Gasteiger partial charge >= 0.3 is 0 Å². The summed E-state index contributed by atoms with van der Waals surface area (Å²) in [6.45, 7) is 7.02. The molecule has 2 rings (SSSR count). The molecule has 0 spiro atoms. The SMILES string of the molecule is CCC(NCC(O)c1ccc(C(C)C)cc1)c1nccs1. The van der Waals surface area contributed by atoms with Gasteiger partial charge in [-0.25, -0.2) is 4.98 Å². The molecule has 0 saturated carbocycles. The van der Waals surface area contributed by atoms with Crippen molar-refractivity contribution in [3.63, 3.8) is 0 Å². The topological polar surface area (TPSA) is 45.1 Å². The van der Waals surface area contributed by atoms with E-state index in [0.717, 1.165) is 17.0 Å². The molecule has 0 saturated heterocycles. The lowest BCUT2D eigenvalue weighted by Gasteiger charge is -2.18. The van der Waals surface area contributed by atoms with Gasteiger partial charge < -0.3 is 10.4 Å². The van der Waals surface area contributed by atoms with Crippen LogP contribution in [0, 0.1) is 0 Å². The quantitative estimate of drug-likeness (QED) is 0.811. The summed E-state index contributed by atoms with van der Waals surface area (Å²) in [5.41, 5.74) is 2.26. The van der Waals surface area contributed by atoms with Crippen molar-refractivity contribution < 1.29 is 5.11 Å². The largest absolute Gasteiger partial charge is 0.387 e. The number of thiazole rings is 1. The Morgan fingerprint density at radius 3 is 2.38 bits per heavy atom. The van der Waals surface area contributed by atoms with Crippen LogP contribution in [0.4, 0.5) is 0 Å². The second-order valence-corrected chi connectivity index (χ2v) is 6.50. The average molecular weight is 304 g/mol. The minimum absolute atomic E-state index is 0.217. The molecule has 0 amide bonds. The molecule has 4 heteroatoms. The highest BCUT2D eigenvalue weighted by atomic mass is 32.1. The minimum atomic E-state index is -0.486. The van der Waals surface area contributed by atoms with Gasteiger partial charge in [0.2, 0.25) is 0 Å². The fraction of sp³-hybridized carbons (Fsp3) is 0.471. The second kappa shape index (κ2) is 7.69. The first-order valence-electron chi connectivity index (χ1n) is 7.52. The van der Waals surface area contributed by atoms with Gasteiger partial charge in [-0.3, -0.25) is 0 Å². The highest BCUT2D eigenvalue weighted by molar-refractivity contribution is 7.09. The Balaban J connectivity index is 1.93. The zero-order valence-electron chi connectivity index (χ0n) is 12.9. The molecule has 2 unspecified atom stereocenters. The molecule has 0 bridgehead atoms. The molecule has 0 fully saturated rings. The zero-order valence-corrected chi connectivity index (χ0v) is 13.7. The molecule has 3 nitrogen and oxygen atoms in total. The van der Waals surface area contributed by atoms with Crippen molar-refractivity contribution in [1.29, 1.82) is 0 Å². The Labute approximate surface area is 131 Å². The normalized spacial score (nSPS) is 14.3. The first kappa shape index (κ1) is 16.1. The number of aliphatic hydroxyl groups excluding tert-OH is 1. The van der Waals surface area contributed by atoms with Crippen LogP contribution in [0.2, 0.25) is 0 Å². The smallest absolute Gasteiger partial charge is 0.109 e. The lowest BCUT2D eigenvalue weighted by Crippen LogP contribution is -2.26. The third-order valence-electron chi connectivity index (χ3n) is 3.70. The molecule has 1 aromatic heterocycles. The first-order valence-corrected chi connectivity index (χ1v) is 8.40. The summed E-state index contributed by atoms with van der Waals surface area (Å²) in [5.74, 6) is 0.517. The molecule has 114 valence electrons. The van der Waals surface area contributed by atoms with Crippen molar-refractivity contribution in [2.75, 3.05) is 6.54 Å². The molecule has 21 heavy (non-hydrogen) atoms. The van der Waals surface area contributed by atoms with Gasteiger partial charge in [0.05, 0.1) is 12.1 Å². The number of aromatic nitrogens is 1. The van der Waals surface area contributed by atoms with Crippen LogP contribution in [-0.4, -0.2) is 16.6 Å². The molecular weight excluding hydrogens is 280 g/mol. The van der Waals surface area contributed by atoms with Crippen LogP contribution < -0.4 is 5.32 Å². The fourth-order valence-corrected chi connectivity index (χ4v) is 3.08. The number of benzene rings is 1. The van der Waals surface area contributed by atoms with E-state index in [1.165, 1.54) is 5.56 Å². The molecule has 2 N–H and O–H groups in total. The standard InChI is InChI=1S/C17H24N2OS/c1-4-15(17-18-9-10-21-17)19-11-16(20)14-7-5-13(6-8-14)12(2)3/h5-10,12,15-16,19-20H,4,11H2,1-3H3. The molecule has 2 aromatic rings. The van der Waals surface area contributed by atoms with E-state index < -0.39 is 6.10 Å². The fourth-order valence-electron chi connectivity index (χ4n) is 2.29. The van der Waals surface area contributed by atoms with Crippen LogP contribution in [-0.2, 0) is 0 Å². The van der Waals surface area contributed by atoms with Gasteiger partial charge in [0.15, 0.2) is 0 Å². The minimum Gasteiger partial charge on any atom is -0.387 e. The third kappa shape index (κ3) is 4.37. The van der Waals surface area contributed by atoms with E-state index >= 15 is 0 Å². The van der Waals surface area contributed by atoms with E-state index in [-0.39, 0.29) is 6.04 Å². The second-order valence-electron chi connectivity index (χ2n) is 5.58. The van der Waals surface area contributed by atoms with Crippen LogP contribution in [0.15, 0.2) is 35.8 Å². The average Bonchev–Trinajstić information content (AvgIpc) is 3.02. The maximum absolute atomic E-state index is 10.3. The molecule has 0 aliphatic heterocycles. The molecular formula is C17H24N2OS. The van der Waals surface area contributed by atoms with Gasteiger partial charge in [-0.15, -0.1) is 11.3 Å². The first-order chi connectivity index (χ1) is 10.1. The maximum Gasteiger partial charge on any atom is 0.109 e. The molecule has 0 aliphatic carbocycles. The number of hydrogen-bond acceptors (Lipinski definition) is 4. The summed E-state index contributed by atoms with van der Waals surface area (Å²) in [6.07, 6.45) is 2.30.